The summed E-state index contributed by atoms with van der Waals surface area (Å²) in [5.74, 6) is -0.403. The van der Waals surface area contributed by atoms with Crippen molar-refractivity contribution in [3.05, 3.63) is 46.6 Å². The molecule has 1 aliphatic carbocycles. The van der Waals surface area contributed by atoms with Gasteiger partial charge in [0, 0.05) is 37.0 Å². The number of methoxy groups -OCH3 is 1. The van der Waals surface area contributed by atoms with Gasteiger partial charge in [0.05, 0.1) is 23.2 Å². The molecule has 2 aromatic heterocycles. The SMILES string of the molecule is COc1cc(-c2cc3c(S(C)(=O)=O)cc(F)cc3n2CCC2(C)CC2)cn(C)c1=O. The number of fused-ring (bicyclic) bond motifs is 1. The predicted octanol–water partition coefficient (Wildman–Crippen LogP) is 3.75. The summed E-state index contributed by atoms with van der Waals surface area (Å²) in [5, 5.41) is 0.475. The van der Waals surface area contributed by atoms with Crippen molar-refractivity contribution >= 4 is 20.7 Å². The second-order valence-electron chi connectivity index (χ2n) is 8.56. The molecule has 1 fully saturated rings. The van der Waals surface area contributed by atoms with E-state index in [9.17, 15) is 17.6 Å². The molecule has 3 aromatic rings. The van der Waals surface area contributed by atoms with Crippen LogP contribution in [0.3, 0.4) is 0 Å². The van der Waals surface area contributed by atoms with Crippen LogP contribution in [0, 0.1) is 11.2 Å². The van der Waals surface area contributed by atoms with Crippen molar-refractivity contribution in [1.82, 2.24) is 9.13 Å². The van der Waals surface area contributed by atoms with Gasteiger partial charge < -0.3 is 13.9 Å². The van der Waals surface area contributed by atoms with Gasteiger partial charge in [-0.3, -0.25) is 4.79 Å². The molecule has 0 N–H and O–H groups in total. The standard InChI is InChI=1S/C22H25FN2O4S/c1-22(5-6-22)7-8-25-17(14-9-19(29-3)21(26)24(2)13-14)12-16-18(25)10-15(23)11-20(16)30(4,27)28/h9-13H,5-8H2,1-4H3. The fourth-order valence-corrected chi connectivity index (χ4v) is 4.78. The Kier molecular flexibility index (Phi) is 4.80. The minimum Gasteiger partial charge on any atom is -0.491 e. The third-order valence-electron chi connectivity index (χ3n) is 6.06. The lowest BCUT2D eigenvalue weighted by molar-refractivity contribution is 0.405. The van der Waals surface area contributed by atoms with E-state index in [1.54, 1.807) is 25.4 Å². The molecule has 6 nitrogen and oxygen atoms in total. The van der Waals surface area contributed by atoms with E-state index in [4.69, 9.17) is 4.74 Å². The summed E-state index contributed by atoms with van der Waals surface area (Å²) in [6, 6.07) is 5.85. The largest absolute Gasteiger partial charge is 0.491 e. The Hall–Kier alpha value is -2.61. The molecule has 0 unspecified atom stereocenters. The number of aryl methyl sites for hydroxylation is 2. The van der Waals surface area contributed by atoms with Gasteiger partial charge in [0.25, 0.3) is 5.56 Å². The average Bonchev–Trinajstić information content (AvgIpc) is 3.29. The zero-order valence-corrected chi connectivity index (χ0v) is 18.3. The zero-order valence-electron chi connectivity index (χ0n) is 17.5. The van der Waals surface area contributed by atoms with E-state index in [2.05, 4.69) is 6.92 Å². The van der Waals surface area contributed by atoms with Crippen LogP contribution in [-0.4, -0.2) is 30.9 Å². The smallest absolute Gasteiger partial charge is 0.292 e. The van der Waals surface area contributed by atoms with Crippen LogP contribution >= 0.6 is 0 Å². The molecule has 0 bridgehead atoms. The van der Waals surface area contributed by atoms with E-state index in [1.165, 1.54) is 17.7 Å². The van der Waals surface area contributed by atoms with Crippen LogP contribution in [0.1, 0.15) is 26.2 Å². The first-order chi connectivity index (χ1) is 14.0. The van der Waals surface area contributed by atoms with E-state index in [0.717, 1.165) is 37.3 Å². The van der Waals surface area contributed by atoms with Crippen LogP contribution in [0.2, 0.25) is 0 Å². The maximum absolute atomic E-state index is 14.4. The minimum atomic E-state index is -3.63. The summed E-state index contributed by atoms with van der Waals surface area (Å²) in [5.41, 5.74) is 1.95. The van der Waals surface area contributed by atoms with Crippen LogP contribution in [0.25, 0.3) is 22.2 Å². The number of hydrogen-bond acceptors (Lipinski definition) is 4. The molecule has 0 spiro atoms. The van der Waals surface area contributed by atoms with Gasteiger partial charge in [0.1, 0.15) is 5.82 Å². The number of halogens is 1. The normalized spacial score (nSPS) is 15.5. The van der Waals surface area contributed by atoms with Crippen molar-refractivity contribution in [2.75, 3.05) is 13.4 Å². The first kappa shape index (κ1) is 20.7. The molecular formula is C22H25FN2O4S. The number of pyridine rings is 1. The summed E-state index contributed by atoms with van der Waals surface area (Å²) >= 11 is 0. The Morgan fingerprint density at radius 1 is 1.20 bits per heavy atom. The van der Waals surface area contributed by atoms with Gasteiger partial charge in [-0.05, 0) is 48.9 Å². The van der Waals surface area contributed by atoms with Gasteiger partial charge in [-0.25, -0.2) is 12.8 Å². The first-order valence-electron chi connectivity index (χ1n) is 9.80. The monoisotopic (exact) mass is 432 g/mol. The van der Waals surface area contributed by atoms with Gasteiger partial charge >= 0.3 is 0 Å². The lowest BCUT2D eigenvalue weighted by atomic mass is 10.1. The van der Waals surface area contributed by atoms with Gasteiger partial charge in [-0.2, -0.15) is 0 Å². The maximum Gasteiger partial charge on any atom is 0.292 e. The molecule has 0 saturated heterocycles. The van der Waals surface area contributed by atoms with Crippen LogP contribution < -0.4 is 10.3 Å². The molecule has 30 heavy (non-hydrogen) atoms. The molecule has 1 aliphatic rings. The van der Waals surface area contributed by atoms with Gasteiger partial charge in [-0.15, -0.1) is 0 Å². The molecule has 8 heteroatoms. The average molecular weight is 433 g/mol. The molecule has 0 amide bonds. The summed E-state index contributed by atoms with van der Waals surface area (Å²) in [7, 11) is -0.565. The van der Waals surface area contributed by atoms with Crippen molar-refractivity contribution in [2.45, 2.75) is 37.6 Å². The molecule has 0 atom stereocenters. The second kappa shape index (κ2) is 6.97. The van der Waals surface area contributed by atoms with Gasteiger partial charge in [0.15, 0.2) is 15.6 Å². The van der Waals surface area contributed by atoms with Crippen LogP contribution in [0.4, 0.5) is 4.39 Å². The van der Waals surface area contributed by atoms with Crippen LogP contribution in [-0.2, 0) is 23.4 Å². The van der Waals surface area contributed by atoms with E-state index >= 15 is 0 Å². The van der Waals surface area contributed by atoms with Crippen LogP contribution in [0.5, 0.6) is 5.75 Å². The molecule has 1 aromatic carbocycles. The number of aromatic nitrogens is 2. The third kappa shape index (κ3) is 3.64. The Bertz CT molecular complexity index is 1320. The number of benzene rings is 1. The summed E-state index contributed by atoms with van der Waals surface area (Å²) in [4.78, 5) is 12.2. The van der Waals surface area contributed by atoms with Crippen LogP contribution in [0.15, 0.2) is 40.2 Å². The number of ether oxygens (including phenoxy) is 1. The highest BCUT2D eigenvalue weighted by Gasteiger charge is 2.36. The lowest BCUT2D eigenvalue weighted by Crippen LogP contribution is -2.18. The zero-order chi connectivity index (χ0) is 21.8. The number of hydrogen-bond donors (Lipinski definition) is 0. The van der Waals surface area contributed by atoms with E-state index in [1.807, 2.05) is 4.57 Å². The Balaban J connectivity index is 2.00. The number of rotatable bonds is 6. The molecule has 160 valence electrons. The molecule has 1 saturated carbocycles. The van der Waals surface area contributed by atoms with Gasteiger partial charge in [-0.1, -0.05) is 6.92 Å². The highest BCUT2D eigenvalue weighted by atomic mass is 32.2. The Morgan fingerprint density at radius 2 is 1.90 bits per heavy atom. The molecule has 0 aliphatic heterocycles. The fourth-order valence-electron chi connectivity index (χ4n) is 3.89. The number of nitrogens with zero attached hydrogens (tertiary/aromatic N) is 2. The minimum absolute atomic E-state index is 0.0353. The molecule has 4 rings (SSSR count). The van der Waals surface area contributed by atoms with E-state index in [-0.39, 0.29) is 21.6 Å². The van der Waals surface area contributed by atoms with Crippen molar-refractivity contribution < 1.29 is 17.5 Å². The highest BCUT2D eigenvalue weighted by Crippen LogP contribution is 2.49. The van der Waals surface area contributed by atoms with Crippen molar-refractivity contribution in [3.8, 4) is 17.0 Å². The molecular weight excluding hydrogens is 407 g/mol. The van der Waals surface area contributed by atoms with E-state index in [0.29, 0.717) is 23.0 Å². The van der Waals surface area contributed by atoms with Crippen molar-refractivity contribution in [1.29, 1.82) is 0 Å². The highest BCUT2D eigenvalue weighted by molar-refractivity contribution is 7.91. The maximum atomic E-state index is 14.4. The summed E-state index contributed by atoms with van der Waals surface area (Å²) in [6.45, 7) is 2.84. The predicted molar refractivity (Wildman–Crippen MR) is 114 cm³/mol. The topological polar surface area (TPSA) is 70.3 Å². The Labute approximate surface area is 174 Å². The van der Waals surface area contributed by atoms with Crippen molar-refractivity contribution in [3.63, 3.8) is 0 Å². The first-order valence-corrected chi connectivity index (χ1v) is 11.7. The van der Waals surface area contributed by atoms with Gasteiger partial charge in [0.2, 0.25) is 0 Å². The number of sulfone groups is 1. The van der Waals surface area contributed by atoms with Crippen molar-refractivity contribution in [2.24, 2.45) is 12.5 Å². The summed E-state index contributed by atoms with van der Waals surface area (Å²) in [6.07, 6.45) is 5.97. The molecule has 2 heterocycles. The fraction of sp³-hybridized carbons (Fsp3) is 0.409. The lowest BCUT2D eigenvalue weighted by Gasteiger charge is -2.15. The Morgan fingerprint density at radius 3 is 2.50 bits per heavy atom. The quantitative estimate of drug-likeness (QED) is 0.595. The third-order valence-corrected chi connectivity index (χ3v) is 7.19. The molecule has 0 radical (unpaired) electrons. The van der Waals surface area contributed by atoms with E-state index < -0.39 is 15.7 Å². The second-order valence-corrected chi connectivity index (χ2v) is 10.5. The summed E-state index contributed by atoms with van der Waals surface area (Å²) < 4.78 is 47.7.